The summed E-state index contributed by atoms with van der Waals surface area (Å²) >= 11 is 0. The summed E-state index contributed by atoms with van der Waals surface area (Å²) in [5, 5.41) is 4.07. The van der Waals surface area contributed by atoms with Crippen LogP contribution in [0.3, 0.4) is 0 Å². The summed E-state index contributed by atoms with van der Waals surface area (Å²) in [5.74, 6) is 0. The van der Waals surface area contributed by atoms with Crippen molar-refractivity contribution in [1.29, 1.82) is 0 Å². The summed E-state index contributed by atoms with van der Waals surface area (Å²) in [6, 6.07) is 6.92. The second-order valence-electron chi connectivity index (χ2n) is 4.77. The molecule has 0 atom stereocenters. The lowest BCUT2D eigenvalue weighted by atomic mass is 10.2. The molecule has 1 heterocycles. The summed E-state index contributed by atoms with van der Waals surface area (Å²) in [6.07, 6.45) is 3.51. The molecule has 0 aliphatic carbocycles. The summed E-state index contributed by atoms with van der Waals surface area (Å²) in [6.45, 7) is 4.53. The summed E-state index contributed by atoms with van der Waals surface area (Å²) in [5.41, 5.74) is 1.92. The highest BCUT2D eigenvalue weighted by Gasteiger charge is 2.23. The van der Waals surface area contributed by atoms with Crippen molar-refractivity contribution in [1.82, 2.24) is 14.1 Å². The molecule has 0 aliphatic heterocycles. The van der Waals surface area contributed by atoms with Crippen LogP contribution >= 0.6 is 0 Å². The lowest BCUT2D eigenvalue weighted by Crippen LogP contribution is -2.30. The molecule has 0 spiro atoms. The van der Waals surface area contributed by atoms with Gasteiger partial charge in [0.25, 0.3) is 0 Å². The van der Waals surface area contributed by atoms with Crippen LogP contribution in [0.2, 0.25) is 0 Å². The van der Waals surface area contributed by atoms with Crippen molar-refractivity contribution in [2.24, 2.45) is 7.05 Å². The highest BCUT2D eigenvalue weighted by Crippen LogP contribution is 2.18. The molecule has 0 bridgehead atoms. The molecular formula is C14H19N3O2S. The van der Waals surface area contributed by atoms with Gasteiger partial charge in [-0.2, -0.15) is 9.40 Å². The first kappa shape index (κ1) is 14.7. The minimum absolute atomic E-state index is 0.328. The zero-order chi connectivity index (χ0) is 14.8. The Morgan fingerprint density at radius 2 is 1.90 bits per heavy atom. The van der Waals surface area contributed by atoms with Crippen LogP contribution in [0.25, 0.3) is 0 Å². The smallest absolute Gasteiger partial charge is 0.243 e. The Hall–Kier alpha value is -1.66. The van der Waals surface area contributed by atoms with Gasteiger partial charge in [-0.3, -0.25) is 4.68 Å². The van der Waals surface area contributed by atoms with Crippen molar-refractivity contribution >= 4 is 10.0 Å². The average Bonchev–Trinajstić information content (AvgIpc) is 2.82. The highest BCUT2D eigenvalue weighted by molar-refractivity contribution is 7.89. The van der Waals surface area contributed by atoms with Gasteiger partial charge >= 0.3 is 0 Å². The fraction of sp³-hybridized carbons (Fsp3) is 0.357. The zero-order valence-corrected chi connectivity index (χ0v) is 12.8. The van der Waals surface area contributed by atoms with E-state index < -0.39 is 10.0 Å². The summed E-state index contributed by atoms with van der Waals surface area (Å²) in [7, 11) is -1.65. The van der Waals surface area contributed by atoms with E-state index in [2.05, 4.69) is 5.10 Å². The van der Waals surface area contributed by atoms with Gasteiger partial charge in [0.1, 0.15) is 0 Å². The fourth-order valence-electron chi connectivity index (χ4n) is 1.98. The van der Waals surface area contributed by atoms with E-state index in [0.29, 0.717) is 18.0 Å². The van der Waals surface area contributed by atoms with E-state index in [4.69, 9.17) is 0 Å². The molecule has 0 amide bonds. The Kier molecular flexibility index (Phi) is 4.25. The SMILES string of the molecule is CCN(Cc1cnn(C)c1)S(=O)(=O)c1ccc(C)cc1. The van der Waals surface area contributed by atoms with E-state index in [0.717, 1.165) is 11.1 Å². The molecule has 20 heavy (non-hydrogen) atoms. The van der Waals surface area contributed by atoms with Gasteiger partial charge < -0.3 is 0 Å². The fourth-order valence-corrected chi connectivity index (χ4v) is 3.42. The Morgan fingerprint density at radius 3 is 2.40 bits per heavy atom. The van der Waals surface area contributed by atoms with Crippen LogP contribution in [0.15, 0.2) is 41.6 Å². The molecule has 0 aliphatic rings. The molecule has 2 rings (SSSR count). The van der Waals surface area contributed by atoms with Crippen LogP contribution in [0.1, 0.15) is 18.1 Å². The van der Waals surface area contributed by atoms with Gasteiger partial charge in [0, 0.05) is 31.9 Å². The average molecular weight is 293 g/mol. The first-order valence-corrected chi connectivity index (χ1v) is 7.92. The third kappa shape index (κ3) is 3.08. The summed E-state index contributed by atoms with van der Waals surface area (Å²) in [4.78, 5) is 0.328. The van der Waals surface area contributed by atoms with Gasteiger partial charge in [-0.15, -0.1) is 0 Å². The first-order valence-electron chi connectivity index (χ1n) is 6.48. The molecule has 1 aromatic heterocycles. The maximum absolute atomic E-state index is 12.6. The minimum Gasteiger partial charge on any atom is -0.275 e. The normalized spacial score (nSPS) is 12.0. The van der Waals surface area contributed by atoms with Gasteiger partial charge in [0.15, 0.2) is 0 Å². The number of benzene rings is 1. The van der Waals surface area contributed by atoms with Crippen molar-refractivity contribution < 1.29 is 8.42 Å². The predicted octanol–water partition coefficient (Wildman–Crippen LogP) is 1.94. The molecule has 108 valence electrons. The maximum atomic E-state index is 12.6. The number of hydrogen-bond donors (Lipinski definition) is 0. The Morgan fingerprint density at radius 1 is 1.25 bits per heavy atom. The molecule has 0 fully saturated rings. The second kappa shape index (κ2) is 5.76. The van der Waals surface area contributed by atoms with Gasteiger partial charge in [-0.25, -0.2) is 8.42 Å². The Labute approximate surface area is 119 Å². The van der Waals surface area contributed by atoms with Crippen molar-refractivity contribution in [2.45, 2.75) is 25.3 Å². The first-order chi connectivity index (χ1) is 9.43. The maximum Gasteiger partial charge on any atom is 0.243 e. The quantitative estimate of drug-likeness (QED) is 0.846. The number of rotatable bonds is 5. The van der Waals surface area contributed by atoms with Gasteiger partial charge in [0.2, 0.25) is 10.0 Å². The van der Waals surface area contributed by atoms with Crippen molar-refractivity contribution in [2.75, 3.05) is 6.54 Å². The van der Waals surface area contributed by atoms with Crippen molar-refractivity contribution in [3.63, 3.8) is 0 Å². The van der Waals surface area contributed by atoms with Crippen LogP contribution < -0.4 is 0 Å². The van der Waals surface area contributed by atoms with E-state index in [1.54, 1.807) is 23.0 Å². The second-order valence-corrected chi connectivity index (χ2v) is 6.70. The van der Waals surface area contributed by atoms with E-state index in [1.807, 2.05) is 39.2 Å². The Bertz CT molecular complexity index is 675. The molecule has 0 radical (unpaired) electrons. The topological polar surface area (TPSA) is 55.2 Å². The number of aryl methyl sites for hydroxylation is 2. The predicted molar refractivity (Wildman–Crippen MR) is 77.7 cm³/mol. The molecule has 0 saturated heterocycles. The van der Waals surface area contributed by atoms with Gasteiger partial charge in [-0.05, 0) is 19.1 Å². The van der Waals surface area contributed by atoms with Crippen LogP contribution in [0.5, 0.6) is 0 Å². The zero-order valence-electron chi connectivity index (χ0n) is 11.9. The lowest BCUT2D eigenvalue weighted by molar-refractivity contribution is 0.423. The Balaban J connectivity index is 2.27. The van der Waals surface area contributed by atoms with E-state index in [1.165, 1.54) is 4.31 Å². The minimum atomic E-state index is -3.46. The summed E-state index contributed by atoms with van der Waals surface area (Å²) < 4.78 is 28.3. The van der Waals surface area contributed by atoms with Crippen LogP contribution in [0, 0.1) is 6.92 Å². The highest BCUT2D eigenvalue weighted by atomic mass is 32.2. The molecular weight excluding hydrogens is 274 g/mol. The number of aromatic nitrogens is 2. The van der Waals surface area contributed by atoms with Crippen molar-refractivity contribution in [3.05, 3.63) is 47.8 Å². The van der Waals surface area contributed by atoms with Gasteiger partial charge in [0.05, 0.1) is 11.1 Å². The lowest BCUT2D eigenvalue weighted by Gasteiger charge is -2.19. The molecule has 2 aromatic rings. The molecule has 0 saturated carbocycles. The molecule has 1 aromatic carbocycles. The van der Waals surface area contributed by atoms with Crippen LogP contribution in [-0.4, -0.2) is 29.0 Å². The molecule has 6 heteroatoms. The van der Waals surface area contributed by atoms with Crippen molar-refractivity contribution in [3.8, 4) is 0 Å². The van der Waals surface area contributed by atoms with Gasteiger partial charge in [-0.1, -0.05) is 24.6 Å². The van der Waals surface area contributed by atoms with E-state index in [-0.39, 0.29) is 0 Å². The third-order valence-electron chi connectivity index (χ3n) is 3.13. The van der Waals surface area contributed by atoms with Crippen LogP contribution in [-0.2, 0) is 23.6 Å². The third-order valence-corrected chi connectivity index (χ3v) is 5.06. The number of nitrogens with zero attached hydrogens (tertiary/aromatic N) is 3. The van der Waals surface area contributed by atoms with Crippen LogP contribution in [0.4, 0.5) is 0 Å². The molecule has 0 N–H and O–H groups in total. The molecule has 5 nitrogen and oxygen atoms in total. The largest absolute Gasteiger partial charge is 0.275 e. The number of sulfonamides is 1. The number of hydrogen-bond acceptors (Lipinski definition) is 3. The molecule has 0 unspecified atom stereocenters. The van der Waals surface area contributed by atoms with E-state index in [9.17, 15) is 8.42 Å². The monoisotopic (exact) mass is 293 g/mol. The standard InChI is InChI=1S/C14H19N3O2S/c1-4-17(11-13-9-15-16(3)10-13)20(18,19)14-7-5-12(2)6-8-14/h5-10H,4,11H2,1-3H3. The van der Waals surface area contributed by atoms with E-state index >= 15 is 0 Å².